The van der Waals surface area contributed by atoms with Crippen LogP contribution in [0.4, 0.5) is 0 Å². The van der Waals surface area contributed by atoms with Crippen molar-refractivity contribution in [2.75, 3.05) is 0 Å². The topological polar surface area (TPSA) is 41.6 Å². The molecule has 0 fully saturated rings. The van der Waals surface area contributed by atoms with Gasteiger partial charge in [-0.2, -0.15) is 0 Å². The van der Waals surface area contributed by atoms with Crippen LogP contribution in [0, 0.1) is 0 Å². The van der Waals surface area contributed by atoms with Gasteiger partial charge in [0.1, 0.15) is 5.82 Å². The fraction of sp³-hybridized carbons (Fsp3) is 0. The molecule has 1 aromatic carbocycles. The highest BCUT2D eigenvalue weighted by molar-refractivity contribution is 9.10. The maximum absolute atomic E-state index is 5.84. The quantitative estimate of drug-likeness (QED) is 0.747. The molecule has 0 spiro atoms. The molecular formula is C14H9BrClN3. The predicted molar refractivity (Wildman–Crippen MR) is 82.0 cm³/mol. The van der Waals surface area contributed by atoms with Crippen LogP contribution >= 0.6 is 27.5 Å². The largest absolute Gasteiger partial charge is 0.337 e. The van der Waals surface area contributed by atoms with E-state index in [1.165, 1.54) is 0 Å². The number of H-pyrrole nitrogens is 1. The van der Waals surface area contributed by atoms with Gasteiger partial charge in [0.15, 0.2) is 5.65 Å². The predicted octanol–water partition coefficient (Wildman–Crippen LogP) is 4.54. The molecule has 0 atom stereocenters. The van der Waals surface area contributed by atoms with E-state index in [2.05, 4.69) is 30.9 Å². The smallest absolute Gasteiger partial charge is 0.178 e. The number of imidazole rings is 1. The highest BCUT2D eigenvalue weighted by atomic mass is 79.9. The van der Waals surface area contributed by atoms with Crippen molar-refractivity contribution in [1.82, 2.24) is 15.0 Å². The van der Waals surface area contributed by atoms with Crippen LogP contribution in [0.15, 0.2) is 41.0 Å². The number of aromatic nitrogens is 3. The van der Waals surface area contributed by atoms with Crippen molar-refractivity contribution in [2.24, 2.45) is 0 Å². The minimum absolute atomic E-state index is 0.707. The first-order valence-corrected chi connectivity index (χ1v) is 6.83. The van der Waals surface area contributed by atoms with E-state index in [1.54, 1.807) is 6.20 Å². The third kappa shape index (κ3) is 2.85. The summed E-state index contributed by atoms with van der Waals surface area (Å²) in [5.41, 5.74) is 2.68. The lowest BCUT2D eigenvalue weighted by atomic mass is 10.2. The Balaban J connectivity index is 1.90. The van der Waals surface area contributed by atoms with E-state index in [1.807, 2.05) is 42.5 Å². The van der Waals surface area contributed by atoms with Gasteiger partial charge in [0.2, 0.25) is 0 Å². The third-order valence-electron chi connectivity index (χ3n) is 2.63. The van der Waals surface area contributed by atoms with Gasteiger partial charge in [0, 0.05) is 15.7 Å². The Morgan fingerprint density at radius 1 is 1.16 bits per heavy atom. The zero-order chi connectivity index (χ0) is 13.2. The van der Waals surface area contributed by atoms with Gasteiger partial charge in [0.25, 0.3) is 0 Å². The van der Waals surface area contributed by atoms with Gasteiger partial charge in [0.05, 0.1) is 5.52 Å². The number of nitrogens with one attached hydrogen (secondary N) is 1. The van der Waals surface area contributed by atoms with Gasteiger partial charge in [-0.05, 0) is 45.8 Å². The number of hydrogen-bond donors (Lipinski definition) is 1. The van der Waals surface area contributed by atoms with E-state index >= 15 is 0 Å². The first kappa shape index (κ1) is 12.4. The molecule has 2 aromatic heterocycles. The lowest BCUT2D eigenvalue weighted by molar-refractivity contribution is 1.27. The van der Waals surface area contributed by atoms with E-state index in [9.17, 15) is 0 Å². The van der Waals surface area contributed by atoms with Crippen LogP contribution in [-0.2, 0) is 0 Å². The lowest BCUT2D eigenvalue weighted by Crippen LogP contribution is -1.75. The molecule has 3 rings (SSSR count). The van der Waals surface area contributed by atoms with Crippen molar-refractivity contribution < 1.29 is 0 Å². The molecular weight excluding hydrogens is 326 g/mol. The number of rotatable bonds is 2. The van der Waals surface area contributed by atoms with E-state index in [0.717, 1.165) is 26.4 Å². The van der Waals surface area contributed by atoms with Crippen molar-refractivity contribution in [3.63, 3.8) is 0 Å². The second-order valence-electron chi connectivity index (χ2n) is 4.03. The summed E-state index contributed by atoms with van der Waals surface area (Å²) in [5.74, 6) is 0.774. The maximum atomic E-state index is 5.84. The van der Waals surface area contributed by atoms with E-state index in [0.29, 0.717) is 5.65 Å². The molecule has 94 valence electrons. The first-order valence-electron chi connectivity index (χ1n) is 5.66. The summed E-state index contributed by atoms with van der Waals surface area (Å²) < 4.78 is 0.928. The Labute approximate surface area is 123 Å². The average molecular weight is 335 g/mol. The fourth-order valence-corrected chi connectivity index (χ4v) is 2.18. The van der Waals surface area contributed by atoms with Crippen LogP contribution in [0.3, 0.4) is 0 Å². The van der Waals surface area contributed by atoms with Crippen LogP contribution < -0.4 is 0 Å². The van der Waals surface area contributed by atoms with Crippen LogP contribution in [0.2, 0.25) is 5.02 Å². The monoisotopic (exact) mass is 333 g/mol. The van der Waals surface area contributed by atoms with Crippen LogP contribution in [0.25, 0.3) is 23.3 Å². The Hall–Kier alpha value is -1.65. The molecule has 0 radical (unpaired) electrons. The molecule has 0 aliphatic heterocycles. The minimum Gasteiger partial charge on any atom is -0.337 e. The molecule has 0 aliphatic rings. The highest BCUT2D eigenvalue weighted by Crippen LogP contribution is 2.16. The Bertz CT molecular complexity index is 747. The van der Waals surface area contributed by atoms with Crippen molar-refractivity contribution in [3.8, 4) is 0 Å². The Morgan fingerprint density at radius 3 is 2.74 bits per heavy atom. The zero-order valence-corrected chi connectivity index (χ0v) is 12.1. The van der Waals surface area contributed by atoms with Crippen molar-refractivity contribution >= 4 is 50.8 Å². The van der Waals surface area contributed by atoms with Crippen LogP contribution in [-0.4, -0.2) is 15.0 Å². The maximum Gasteiger partial charge on any atom is 0.178 e. The summed E-state index contributed by atoms with van der Waals surface area (Å²) in [5, 5.41) is 0.731. The molecule has 0 saturated carbocycles. The van der Waals surface area contributed by atoms with Gasteiger partial charge >= 0.3 is 0 Å². The summed E-state index contributed by atoms with van der Waals surface area (Å²) in [7, 11) is 0. The normalized spacial score (nSPS) is 11.5. The van der Waals surface area contributed by atoms with E-state index in [4.69, 9.17) is 11.6 Å². The molecule has 3 aromatic rings. The summed E-state index contributed by atoms with van der Waals surface area (Å²) in [6.45, 7) is 0. The highest BCUT2D eigenvalue weighted by Gasteiger charge is 2.01. The number of nitrogens with zero attached hydrogens (tertiary/aromatic N) is 2. The molecule has 0 saturated heterocycles. The molecule has 1 N–H and O–H groups in total. The molecule has 0 amide bonds. The molecule has 3 nitrogen and oxygen atoms in total. The second-order valence-corrected chi connectivity index (χ2v) is 5.38. The number of pyridine rings is 1. The average Bonchev–Trinajstić information content (AvgIpc) is 2.80. The number of benzene rings is 1. The standard InChI is InChI=1S/C14H9BrClN3/c15-10-7-12-14(17-8-10)19-13(18-12)6-3-9-1-4-11(16)5-2-9/h1-8H,(H,17,18,19)/b6-3+. The van der Waals surface area contributed by atoms with Crippen LogP contribution in [0.5, 0.6) is 0 Å². The van der Waals surface area contributed by atoms with Gasteiger partial charge in [-0.15, -0.1) is 0 Å². The summed E-state index contributed by atoms with van der Waals surface area (Å²) in [4.78, 5) is 11.8. The van der Waals surface area contributed by atoms with Crippen molar-refractivity contribution in [1.29, 1.82) is 0 Å². The third-order valence-corrected chi connectivity index (χ3v) is 3.31. The van der Waals surface area contributed by atoms with Gasteiger partial charge in [-0.3, -0.25) is 0 Å². The number of fused-ring (bicyclic) bond motifs is 1. The summed E-state index contributed by atoms with van der Waals surface area (Å²) >= 11 is 9.23. The van der Waals surface area contributed by atoms with Gasteiger partial charge < -0.3 is 4.98 Å². The minimum atomic E-state index is 0.707. The fourth-order valence-electron chi connectivity index (χ4n) is 1.72. The molecule has 2 heterocycles. The van der Waals surface area contributed by atoms with Crippen LogP contribution in [0.1, 0.15) is 11.4 Å². The zero-order valence-electron chi connectivity index (χ0n) is 9.77. The van der Waals surface area contributed by atoms with Crippen molar-refractivity contribution in [3.05, 3.63) is 57.4 Å². The van der Waals surface area contributed by atoms with Gasteiger partial charge in [-0.1, -0.05) is 29.8 Å². The Morgan fingerprint density at radius 2 is 1.95 bits per heavy atom. The van der Waals surface area contributed by atoms with Crippen molar-refractivity contribution in [2.45, 2.75) is 0 Å². The number of hydrogen-bond acceptors (Lipinski definition) is 2. The lowest BCUT2D eigenvalue weighted by Gasteiger charge is -1.92. The van der Waals surface area contributed by atoms with Gasteiger partial charge in [-0.25, -0.2) is 9.97 Å². The Kier molecular flexibility index (Phi) is 3.36. The molecule has 0 bridgehead atoms. The molecule has 0 unspecified atom stereocenters. The molecule has 19 heavy (non-hydrogen) atoms. The molecule has 0 aliphatic carbocycles. The SMILES string of the molecule is Clc1ccc(/C=C/c2nc3ncc(Br)cc3[nH]2)cc1. The number of aromatic amines is 1. The summed E-state index contributed by atoms with van der Waals surface area (Å²) in [6, 6.07) is 9.58. The first-order chi connectivity index (χ1) is 9.20. The number of halogens is 2. The molecule has 5 heteroatoms. The second kappa shape index (κ2) is 5.15. The van der Waals surface area contributed by atoms with E-state index < -0.39 is 0 Å². The van der Waals surface area contributed by atoms with E-state index in [-0.39, 0.29) is 0 Å². The summed E-state index contributed by atoms with van der Waals surface area (Å²) in [6.07, 6.45) is 5.62.